The van der Waals surface area contributed by atoms with E-state index in [4.69, 9.17) is 0 Å². The summed E-state index contributed by atoms with van der Waals surface area (Å²) in [6.07, 6.45) is 2.62. The Kier molecular flexibility index (Phi) is 4.15. The van der Waals surface area contributed by atoms with E-state index in [1.54, 1.807) is 6.07 Å². The van der Waals surface area contributed by atoms with Crippen molar-refractivity contribution < 1.29 is 4.79 Å². The van der Waals surface area contributed by atoms with Gasteiger partial charge in [-0.2, -0.15) is 0 Å². The lowest BCUT2D eigenvalue weighted by atomic mass is 10.1. The second-order valence-electron chi connectivity index (χ2n) is 4.69. The molecule has 0 heterocycles. The minimum absolute atomic E-state index is 0.0275. The molecule has 1 aromatic rings. The fourth-order valence-corrected chi connectivity index (χ4v) is 2.50. The minimum atomic E-state index is -0.0275. The zero-order chi connectivity index (χ0) is 12.4. The first-order valence-electron chi connectivity index (χ1n) is 5.84. The van der Waals surface area contributed by atoms with Crippen LogP contribution in [-0.2, 0) is 0 Å². The Morgan fingerprint density at radius 2 is 2.29 bits per heavy atom. The lowest BCUT2D eigenvalue weighted by Crippen LogP contribution is -2.29. The molecule has 1 aliphatic rings. The normalized spacial score (nSPS) is 16.6. The standard InChI is InChI=1S/C13H16BrNOS/c1-8(9-2-3-9)7-15-13(16)11-6-10(17)4-5-12(11)14/h4-6,8-9,17H,2-3,7H2,1H3,(H,15,16). The van der Waals surface area contributed by atoms with Crippen LogP contribution in [0.5, 0.6) is 0 Å². The van der Waals surface area contributed by atoms with Crippen LogP contribution in [0.4, 0.5) is 0 Å². The fourth-order valence-electron chi connectivity index (χ4n) is 1.87. The van der Waals surface area contributed by atoms with E-state index >= 15 is 0 Å². The van der Waals surface area contributed by atoms with Crippen molar-refractivity contribution in [1.82, 2.24) is 5.32 Å². The van der Waals surface area contributed by atoms with Gasteiger partial charge in [-0.25, -0.2) is 0 Å². The van der Waals surface area contributed by atoms with Gasteiger partial charge in [0.1, 0.15) is 0 Å². The van der Waals surface area contributed by atoms with Gasteiger partial charge in [0.15, 0.2) is 0 Å². The first-order valence-corrected chi connectivity index (χ1v) is 7.08. The van der Waals surface area contributed by atoms with Crippen LogP contribution in [0.15, 0.2) is 27.6 Å². The monoisotopic (exact) mass is 313 g/mol. The maximum absolute atomic E-state index is 12.0. The number of amides is 1. The van der Waals surface area contributed by atoms with Crippen LogP contribution >= 0.6 is 28.6 Å². The molecule has 1 amide bonds. The van der Waals surface area contributed by atoms with Crippen LogP contribution in [-0.4, -0.2) is 12.5 Å². The Morgan fingerprint density at radius 1 is 1.59 bits per heavy atom. The van der Waals surface area contributed by atoms with Crippen molar-refractivity contribution in [3.05, 3.63) is 28.2 Å². The second-order valence-corrected chi connectivity index (χ2v) is 6.06. The molecule has 0 radical (unpaired) electrons. The molecule has 1 fully saturated rings. The molecule has 1 aromatic carbocycles. The fraction of sp³-hybridized carbons (Fsp3) is 0.462. The highest BCUT2D eigenvalue weighted by Gasteiger charge is 2.28. The van der Waals surface area contributed by atoms with E-state index < -0.39 is 0 Å². The van der Waals surface area contributed by atoms with E-state index in [0.717, 1.165) is 21.8 Å². The van der Waals surface area contributed by atoms with Crippen LogP contribution < -0.4 is 5.32 Å². The summed E-state index contributed by atoms with van der Waals surface area (Å²) in [4.78, 5) is 12.8. The largest absolute Gasteiger partial charge is 0.352 e. The van der Waals surface area contributed by atoms with E-state index in [2.05, 4.69) is 40.8 Å². The zero-order valence-corrected chi connectivity index (χ0v) is 12.2. The molecule has 0 spiro atoms. The summed E-state index contributed by atoms with van der Waals surface area (Å²) in [7, 11) is 0. The highest BCUT2D eigenvalue weighted by atomic mass is 79.9. The summed E-state index contributed by atoms with van der Waals surface area (Å²) in [5.74, 6) is 1.37. The van der Waals surface area contributed by atoms with Crippen molar-refractivity contribution in [2.24, 2.45) is 11.8 Å². The van der Waals surface area contributed by atoms with Crippen LogP contribution in [0.3, 0.4) is 0 Å². The molecule has 2 nitrogen and oxygen atoms in total. The maximum atomic E-state index is 12.0. The molecule has 0 bridgehead atoms. The van der Waals surface area contributed by atoms with E-state index in [0.29, 0.717) is 11.5 Å². The van der Waals surface area contributed by atoms with E-state index in [-0.39, 0.29) is 5.91 Å². The van der Waals surface area contributed by atoms with Crippen molar-refractivity contribution in [3.63, 3.8) is 0 Å². The first kappa shape index (κ1) is 13.0. The SMILES string of the molecule is CC(CNC(=O)c1cc(S)ccc1Br)C1CC1. The van der Waals surface area contributed by atoms with Gasteiger partial charge in [-0.15, -0.1) is 12.6 Å². The zero-order valence-electron chi connectivity index (χ0n) is 9.74. The van der Waals surface area contributed by atoms with Gasteiger partial charge in [0.25, 0.3) is 5.91 Å². The van der Waals surface area contributed by atoms with Gasteiger partial charge < -0.3 is 5.32 Å². The summed E-state index contributed by atoms with van der Waals surface area (Å²) >= 11 is 7.63. The van der Waals surface area contributed by atoms with Crippen LogP contribution in [0.2, 0.25) is 0 Å². The maximum Gasteiger partial charge on any atom is 0.252 e. The van der Waals surface area contributed by atoms with E-state index in [9.17, 15) is 4.79 Å². The van der Waals surface area contributed by atoms with Crippen molar-refractivity contribution in [2.75, 3.05) is 6.54 Å². The predicted molar refractivity (Wildman–Crippen MR) is 75.6 cm³/mol. The Labute approximate surface area is 116 Å². The molecule has 1 aliphatic carbocycles. The number of halogens is 1. The quantitative estimate of drug-likeness (QED) is 0.818. The summed E-state index contributed by atoms with van der Waals surface area (Å²) in [5, 5.41) is 2.99. The smallest absolute Gasteiger partial charge is 0.252 e. The predicted octanol–water partition coefficient (Wildman–Crippen LogP) is 3.51. The molecule has 1 saturated carbocycles. The number of benzene rings is 1. The number of carbonyl (C=O) groups excluding carboxylic acids is 1. The molecular weight excluding hydrogens is 298 g/mol. The summed E-state index contributed by atoms with van der Waals surface area (Å²) < 4.78 is 0.812. The van der Waals surface area contributed by atoms with Crippen molar-refractivity contribution >= 4 is 34.5 Å². The molecule has 2 rings (SSSR count). The van der Waals surface area contributed by atoms with Crippen LogP contribution in [0.25, 0.3) is 0 Å². The topological polar surface area (TPSA) is 29.1 Å². The van der Waals surface area contributed by atoms with Crippen molar-refractivity contribution in [3.8, 4) is 0 Å². The summed E-state index contributed by atoms with van der Waals surface area (Å²) in [5.41, 5.74) is 0.653. The molecule has 1 atom stereocenters. The average Bonchev–Trinajstić information content (AvgIpc) is 3.12. The van der Waals surface area contributed by atoms with Gasteiger partial charge in [0.05, 0.1) is 5.56 Å². The number of hydrogen-bond donors (Lipinski definition) is 2. The number of thiol groups is 1. The summed E-state index contributed by atoms with van der Waals surface area (Å²) in [6.45, 7) is 2.95. The summed E-state index contributed by atoms with van der Waals surface area (Å²) in [6, 6.07) is 5.49. The molecule has 4 heteroatoms. The third kappa shape index (κ3) is 3.49. The molecule has 1 N–H and O–H groups in total. The van der Waals surface area contributed by atoms with Gasteiger partial charge in [-0.3, -0.25) is 4.79 Å². The second kappa shape index (κ2) is 5.44. The third-order valence-corrected chi connectivity index (χ3v) is 4.18. The van der Waals surface area contributed by atoms with E-state index in [1.807, 2.05) is 12.1 Å². The molecule has 0 saturated heterocycles. The molecule has 0 aliphatic heterocycles. The first-order chi connectivity index (χ1) is 8.08. The van der Waals surface area contributed by atoms with E-state index in [1.165, 1.54) is 12.8 Å². The lowest BCUT2D eigenvalue weighted by Gasteiger charge is -2.12. The number of hydrogen-bond acceptors (Lipinski definition) is 2. The molecule has 17 heavy (non-hydrogen) atoms. The van der Waals surface area contributed by atoms with Gasteiger partial charge in [0.2, 0.25) is 0 Å². The van der Waals surface area contributed by atoms with Gasteiger partial charge >= 0.3 is 0 Å². The Bertz CT molecular complexity index is 431. The van der Waals surface area contributed by atoms with Gasteiger partial charge in [-0.1, -0.05) is 6.92 Å². The highest BCUT2D eigenvalue weighted by molar-refractivity contribution is 9.10. The number of nitrogens with one attached hydrogen (secondary N) is 1. The number of rotatable bonds is 4. The molecule has 1 unspecified atom stereocenters. The average molecular weight is 314 g/mol. The Hall–Kier alpha value is -0.480. The molecule has 0 aromatic heterocycles. The van der Waals surface area contributed by atoms with Crippen molar-refractivity contribution in [2.45, 2.75) is 24.7 Å². The highest BCUT2D eigenvalue weighted by Crippen LogP contribution is 2.36. The van der Waals surface area contributed by atoms with Gasteiger partial charge in [-0.05, 0) is 58.8 Å². The molecule has 92 valence electrons. The third-order valence-electron chi connectivity index (χ3n) is 3.21. The molecular formula is C13H16BrNOS. The Balaban J connectivity index is 1.96. The van der Waals surface area contributed by atoms with Gasteiger partial charge in [0, 0.05) is 15.9 Å². The van der Waals surface area contributed by atoms with Crippen LogP contribution in [0.1, 0.15) is 30.1 Å². The lowest BCUT2D eigenvalue weighted by molar-refractivity contribution is 0.0945. The Morgan fingerprint density at radius 3 is 2.94 bits per heavy atom. The van der Waals surface area contributed by atoms with Crippen molar-refractivity contribution in [1.29, 1.82) is 0 Å². The number of carbonyl (C=O) groups is 1. The van der Waals surface area contributed by atoms with Crippen LogP contribution in [0, 0.1) is 11.8 Å². The minimum Gasteiger partial charge on any atom is -0.352 e.